The van der Waals surface area contributed by atoms with Gasteiger partial charge in [0.15, 0.2) is 23.0 Å². The molecule has 6 rings (SSSR count). The summed E-state index contributed by atoms with van der Waals surface area (Å²) in [6, 6.07) is 15.7. The van der Waals surface area contributed by atoms with E-state index in [1.165, 1.54) is 15.3 Å². The molecule has 230 valence electrons. The Hall–Kier alpha value is -5.79. The summed E-state index contributed by atoms with van der Waals surface area (Å²) in [5.41, 5.74) is 2.85. The van der Waals surface area contributed by atoms with Gasteiger partial charge in [0.25, 0.3) is 11.5 Å². The summed E-state index contributed by atoms with van der Waals surface area (Å²) in [5, 5.41) is 18.8. The van der Waals surface area contributed by atoms with Gasteiger partial charge in [0, 0.05) is 39.4 Å². The van der Waals surface area contributed by atoms with Gasteiger partial charge >= 0.3 is 0 Å². The zero-order valence-electron chi connectivity index (χ0n) is 25.3. The number of pyridine rings is 1. The molecule has 2 amide bonds. The van der Waals surface area contributed by atoms with Crippen LogP contribution in [0.5, 0.6) is 5.75 Å². The van der Waals surface area contributed by atoms with Crippen molar-refractivity contribution >= 4 is 34.7 Å². The summed E-state index contributed by atoms with van der Waals surface area (Å²) in [4.78, 5) is 47.5. The standard InChI is InChI=1S/C31H32N10O4/c1-19-7-12-27(36-35-19)40-14-5-6-22(31(40)44)33-26-16-24(39(3)18-20-8-10-21(45-4)11-9-20)28-32-17-25(41(28)37-26)29(42)34-23-13-15-38(2)30(23)43/h5-12,14,16-17,23H,13,15,18H2,1-4H3,(H,33,37)(H,34,42)/t23-/m1/s1. The first-order chi connectivity index (χ1) is 21.7. The minimum atomic E-state index is -0.626. The Morgan fingerprint density at radius 2 is 1.91 bits per heavy atom. The van der Waals surface area contributed by atoms with Crippen LogP contribution < -0.4 is 25.8 Å². The van der Waals surface area contributed by atoms with Crippen LogP contribution in [0.25, 0.3) is 11.5 Å². The molecule has 0 bridgehead atoms. The van der Waals surface area contributed by atoms with Crippen LogP contribution in [-0.2, 0) is 11.3 Å². The Balaban J connectivity index is 1.38. The minimum absolute atomic E-state index is 0.147. The first-order valence-corrected chi connectivity index (χ1v) is 14.3. The number of methoxy groups -OCH3 is 1. The second-order valence-corrected chi connectivity index (χ2v) is 10.8. The van der Waals surface area contributed by atoms with Gasteiger partial charge in [0.1, 0.15) is 17.5 Å². The molecule has 1 aromatic carbocycles. The van der Waals surface area contributed by atoms with Crippen molar-refractivity contribution in [2.24, 2.45) is 0 Å². The second-order valence-electron chi connectivity index (χ2n) is 10.8. The van der Waals surface area contributed by atoms with Crippen LogP contribution in [0.1, 0.15) is 28.2 Å². The third-order valence-electron chi connectivity index (χ3n) is 7.64. The minimum Gasteiger partial charge on any atom is -0.497 e. The molecule has 0 radical (unpaired) electrons. The number of aromatic nitrogens is 6. The summed E-state index contributed by atoms with van der Waals surface area (Å²) in [6.07, 6.45) is 3.55. The van der Waals surface area contributed by atoms with E-state index < -0.39 is 11.9 Å². The highest BCUT2D eigenvalue weighted by molar-refractivity contribution is 5.97. The van der Waals surface area contributed by atoms with E-state index in [1.807, 2.05) is 43.1 Å². The number of likely N-dealkylation sites (N-methyl/N-ethyl adjacent to an activating group) is 1. The molecular formula is C31H32N10O4. The van der Waals surface area contributed by atoms with Crippen LogP contribution >= 0.6 is 0 Å². The van der Waals surface area contributed by atoms with E-state index in [-0.39, 0.29) is 22.8 Å². The number of nitrogens with one attached hydrogen (secondary N) is 2. The molecule has 4 aromatic heterocycles. The summed E-state index contributed by atoms with van der Waals surface area (Å²) >= 11 is 0. The number of carbonyl (C=O) groups excluding carboxylic acids is 2. The fourth-order valence-electron chi connectivity index (χ4n) is 5.16. The van der Waals surface area contributed by atoms with E-state index in [4.69, 9.17) is 4.74 Å². The lowest BCUT2D eigenvalue weighted by Gasteiger charge is -2.21. The summed E-state index contributed by atoms with van der Waals surface area (Å²) in [5.74, 6) is 0.793. The Labute approximate surface area is 258 Å². The molecule has 1 aliphatic rings. The third-order valence-corrected chi connectivity index (χ3v) is 7.64. The van der Waals surface area contributed by atoms with Gasteiger partial charge in [0.05, 0.1) is 24.7 Å². The lowest BCUT2D eigenvalue weighted by Crippen LogP contribution is -2.41. The van der Waals surface area contributed by atoms with Crippen molar-refractivity contribution in [3.63, 3.8) is 0 Å². The fourth-order valence-corrected chi connectivity index (χ4v) is 5.16. The molecular weight excluding hydrogens is 576 g/mol. The van der Waals surface area contributed by atoms with Crippen LogP contribution in [0.3, 0.4) is 0 Å². The van der Waals surface area contributed by atoms with Crippen LogP contribution in [0, 0.1) is 6.92 Å². The Morgan fingerprint density at radius 1 is 1.11 bits per heavy atom. The van der Waals surface area contributed by atoms with Crippen molar-refractivity contribution in [1.29, 1.82) is 0 Å². The van der Waals surface area contributed by atoms with Gasteiger partial charge in [-0.3, -0.25) is 19.0 Å². The number of amides is 2. The van der Waals surface area contributed by atoms with Crippen molar-refractivity contribution in [2.75, 3.05) is 38.0 Å². The number of aryl methyl sites for hydroxylation is 1. The maximum absolute atomic E-state index is 13.5. The van der Waals surface area contributed by atoms with Crippen molar-refractivity contribution in [2.45, 2.75) is 25.9 Å². The van der Waals surface area contributed by atoms with Crippen LogP contribution in [0.15, 0.2) is 71.8 Å². The molecule has 1 saturated heterocycles. The van der Waals surface area contributed by atoms with E-state index in [0.29, 0.717) is 42.5 Å². The summed E-state index contributed by atoms with van der Waals surface area (Å²) in [6.45, 7) is 2.88. The van der Waals surface area contributed by atoms with Gasteiger partial charge in [-0.2, -0.15) is 5.10 Å². The molecule has 14 heteroatoms. The van der Waals surface area contributed by atoms with Gasteiger partial charge < -0.3 is 25.2 Å². The molecule has 1 atom stereocenters. The average Bonchev–Trinajstić information content (AvgIpc) is 3.61. The van der Waals surface area contributed by atoms with Gasteiger partial charge in [-0.15, -0.1) is 10.2 Å². The SMILES string of the molecule is COc1ccc(CN(C)c2cc(Nc3cccn(-c4ccc(C)nn4)c3=O)nn3c(C(=O)N[C@@H]4CCN(C)C4=O)cnc23)cc1. The van der Waals surface area contributed by atoms with Crippen LogP contribution in [-0.4, -0.2) is 79.9 Å². The number of likely N-dealkylation sites (tertiary alicyclic amines) is 1. The maximum Gasteiger partial charge on any atom is 0.280 e. The number of carbonyl (C=O) groups is 2. The highest BCUT2D eigenvalue weighted by Crippen LogP contribution is 2.27. The molecule has 45 heavy (non-hydrogen) atoms. The molecule has 0 spiro atoms. The predicted octanol–water partition coefficient (Wildman–Crippen LogP) is 2.33. The third kappa shape index (κ3) is 5.89. The number of anilines is 3. The van der Waals surface area contributed by atoms with E-state index in [0.717, 1.165) is 17.0 Å². The highest BCUT2D eigenvalue weighted by Gasteiger charge is 2.31. The monoisotopic (exact) mass is 608 g/mol. The first-order valence-electron chi connectivity index (χ1n) is 14.3. The Kier molecular flexibility index (Phi) is 7.86. The van der Waals surface area contributed by atoms with Crippen molar-refractivity contribution < 1.29 is 14.3 Å². The molecule has 5 aromatic rings. The molecule has 0 aliphatic carbocycles. The normalized spacial score (nSPS) is 14.5. The number of rotatable bonds is 9. The van der Waals surface area contributed by atoms with E-state index >= 15 is 0 Å². The van der Waals surface area contributed by atoms with Gasteiger partial charge in [0.2, 0.25) is 5.91 Å². The molecule has 0 unspecified atom stereocenters. The first kappa shape index (κ1) is 29.3. The summed E-state index contributed by atoms with van der Waals surface area (Å²) in [7, 11) is 5.22. The lowest BCUT2D eigenvalue weighted by molar-refractivity contribution is -0.128. The zero-order chi connectivity index (χ0) is 31.7. The molecule has 0 saturated carbocycles. The fraction of sp³-hybridized carbons (Fsp3) is 0.258. The van der Waals surface area contributed by atoms with E-state index in [1.54, 1.807) is 55.6 Å². The number of ether oxygens (including phenoxy) is 1. The summed E-state index contributed by atoms with van der Waals surface area (Å²) < 4.78 is 8.09. The molecule has 1 aliphatic heterocycles. The molecule has 2 N–H and O–H groups in total. The molecule has 14 nitrogen and oxygen atoms in total. The number of nitrogens with zero attached hydrogens (tertiary/aromatic N) is 8. The molecule has 1 fully saturated rings. The number of hydrogen-bond acceptors (Lipinski definition) is 10. The topological polar surface area (TPSA) is 152 Å². The van der Waals surface area contributed by atoms with Crippen molar-refractivity contribution in [1.82, 2.24) is 39.6 Å². The predicted molar refractivity (Wildman–Crippen MR) is 167 cm³/mol. The van der Waals surface area contributed by atoms with E-state index in [9.17, 15) is 14.4 Å². The highest BCUT2D eigenvalue weighted by atomic mass is 16.5. The zero-order valence-corrected chi connectivity index (χ0v) is 25.3. The van der Waals surface area contributed by atoms with Gasteiger partial charge in [-0.1, -0.05) is 12.1 Å². The maximum atomic E-state index is 13.5. The van der Waals surface area contributed by atoms with Gasteiger partial charge in [-0.05, 0) is 55.3 Å². The Morgan fingerprint density at radius 3 is 2.60 bits per heavy atom. The van der Waals surface area contributed by atoms with Crippen molar-refractivity contribution in [3.05, 3.63) is 94.3 Å². The molecule has 5 heterocycles. The smallest absolute Gasteiger partial charge is 0.280 e. The second kappa shape index (κ2) is 12.1. The van der Waals surface area contributed by atoms with Crippen LogP contribution in [0.4, 0.5) is 17.2 Å². The number of imidazole rings is 1. The van der Waals surface area contributed by atoms with Gasteiger partial charge in [-0.25, -0.2) is 9.50 Å². The quantitative estimate of drug-likeness (QED) is 0.255. The largest absolute Gasteiger partial charge is 0.497 e. The number of benzene rings is 1. The van der Waals surface area contributed by atoms with Crippen molar-refractivity contribution in [3.8, 4) is 11.6 Å². The van der Waals surface area contributed by atoms with E-state index in [2.05, 4.69) is 30.9 Å². The van der Waals surface area contributed by atoms with Crippen LogP contribution in [0.2, 0.25) is 0 Å². The Bertz CT molecular complexity index is 1940. The average molecular weight is 609 g/mol. The number of fused-ring (bicyclic) bond motifs is 1. The number of hydrogen-bond donors (Lipinski definition) is 2. The lowest BCUT2D eigenvalue weighted by atomic mass is 10.2.